The van der Waals surface area contributed by atoms with Gasteiger partial charge in [0.25, 0.3) is 0 Å². The SMILES string of the molecule is Cc1ccc(-c2ccc3c(c2)C=C(C(=O)N2CCC(N)CC2)CCO3)cc1. The predicted molar refractivity (Wildman–Crippen MR) is 108 cm³/mol. The maximum absolute atomic E-state index is 13.0. The summed E-state index contributed by atoms with van der Waals surface area (Å²) in [5.41, 5.74) is 11.3. The molecule has 0 spiro atoms. The van der Waals surface area contributed by atoms with Crippen molar-refractivity contribution in [3.05, 3.63) is 59.2 Å². The summed E-state index contributed by atoms with van der Waals surface area (Å²) in [4.78, 5) is 14.9. The van der Waals surface area contributed by atoms with E-state index < -0.39 is 0 Å². The fraction of sp³-hybridized carbons (Fsp3) is 0.348. The van der Waals surface area contributed by atoms with Crippen molar-refractivity contribution in [2.75, 3.05) is 19.7 Å². The Morgan fingerprint density at radius 1 is 1.07 bits per heavy atom. The molecule has 0 bridgehead atoms. The number of carbonyl (C=O) groups is 1. The Bertz CT molecular complexity index is 862. The number of amides is 1. The molecule has 4 rings (SSSR count). The molecular formula is C23H26N2O2. The largest absolute Gasteiger partial charge is 0.493 e. The van der Waals surface area contributed by atoms with E-state index in [-0.39, 0.29) is 11.9 Å². The molecule has 2 aliphatic rings. The Hall–Kier alpha value is -2.59. The maximum atomic E-state index is 13.0. The van der Waals surface area contributed by atoms with E-state index in [0.717, 1.165) is 48.4 Å². The van der Waals surface area contributed by atoms with Crippen LogP contribution in [-0.2, 0) is 4.79 Å². The second-order valence-corrected chi connectivity index (χ2v) is 7.52. The van der Waals surface area contributed by atoms with Crippen LogP contribution in [0.25, 0.3) is 17.2 Å². The molecule has 0 unspecified atom stereocenters. The van der Waals surface area contributed by atoms with Crippen molar-refractivity contribution >= 4 is 12.0 Å². The topological polar surface area (TPSA) is 55.6 Å². The Kier molecular flexibility index (Phi) is 4.99. The molecule has 2 aliphatic heterocycles. The molecular weight excluding hydrogens is 336 g/mol. The first kappa shape index (κ1) is 17.8. The van der Waals surface area contributed by atoms with Gasteiger partial charge in [0.2, 0.25) is 5.91 Å². The lowest BCUT2D eigenvalue weighted by molar-refractivity contribution is -0.128. The number of hydrogen-bond acceptors (Lipinski definition) is 3. The number of ether oxygens (including phenoxy) is 1. The van der Waals surface area contributed by atoms with Gasteiger partial charge in [-0.1, -0.05) is 35.9 Å². The van der Waals surface area contributed by atoms with Gasteiger partial charge in [-0.15, -0.1) is 0 Å². The number of benzene rings is 2. The number of carbonyl (C=O) groups excluding carboxylic acids is 1. The van der Waals surface area contributed by atoms with Crippen LogP contribution in [0.1, 0.15) is 30.4 Å². The number of nitrogens with two attached hydrogens (primary N) is 1. The highest BCUT2D eigenvalue weighted by Crippen LogP contribution is 2.31. The molecule has 1 amide bonds. The van der Waals surface area contributed by atoms with E-state index in [9.17, 15) is 4.79 Å². The van der Waals surface area contributed by atoms with Crippen LogP contribution in [0.15, 0.2) is 48.0 Å². The summed E-state index contributed by atoms with van der Waals surface area (Å²) in [7, 11) is 0. The van der Waals surface area contributed by atoms with Crippen molar-refractivity contribution < 1.29 is 9.53 Å². The van der Waals surface area contributed by atoms with Gasteiger partial charge >= 0.3 is 0 Å². The van der Waals surface area contributed by atoms with Gasteiger partial charge in [-0.05, 0) is 49.1 Å². The van der Waals surface area contributed by atoms with E-state index in [1.807, 2.05) is 17.0 Å². The number of nitrogens with zero attached hydrogens (tertiary/aromatic N) is 1. The number of aryl methyl sites for hydroxylation is 1. The summed E-state index contributed by atoms with van der Waals surface area (Å²) in [6.45, 7) is 4.10. The minimum Gasteiger partial charge on any atom is -0.493 e. The van der Waals surface area contributed by atoms with E-state index in [0.29, 0.717) is 13.0 Å². The summed E-state index contributed by atoms with van der Waals surface area (Å²) >= 11 is 0. The van der Waals surface area contributed by atoms with E-state index in [1.54, 1.807) is 0 Å². The van der Waals surface area contributed by atoms with E-state index >= 15 is 0 Å². The summed E-state index contributed by atoms with van der Waals surface area (Å²) in [5, 5.41) is 0. The number of piperidine rings is 1. The molecule has 0 saturated carbocycles. The van der Waals surface area contributed by atoms with Crippen molar-refractivity contribution in [1.29, 1.82) is 0 Å². The molecule has 2 heterocycles. The molecule has 0 aliphatic carbocycles. The second kappa shape index (κ2) is 7.57. The van der Waals surface area contributed by atoms with Crippen molar-refractivity contribution in [2.24, 2.45) is 5.73 Å². The van der Waals surface area contributed by atoms with Crippen molar-refractivity contribution in [2.45, 2.75) is 32.2 Å². The molecule has 0 aromatic heterocycles. The van der Waals surface area contributed by atoms with Crippen molar-refractivity contribution in [3.63, 3.8) is 0 Å². The minimum atomic E-state index is 0.124. The Morgan fingerprint density at radius 2 is 1.78 bits per heavy atom. The zero-order valence-electron chi connectivity index (χ0n) is 15.8. The first-order valence-electron chi connectivity index (χ1n) is 9.69. The maximum Gasteiger partial charge on any atom is 0.249 e. The normalized spacial score (nSPS) is 17.6. The number of likely N-dealkylation sites (tertiary alicyclic amines) is 1. The highest BCUT2D eigenvalue weighted by atomic mass is 16.5. The molecule has 1 fully saturated rings. The van der Waals surface area contributed by atoms with Crippen LogP contribution in [0.5, 0.6) is 5.75 Å². The average molecular weight is 362 g/mol. The van der Waals surface area contributed by atoms with Crippen molar-refractivity contribution in [3.8, 4) is 16.9 Å². The fourth-order valence-electron chi connectivity index (χ4n) is 3.72. The molecule has 2 aromatic rings. The number of fused-ring (bicyclic) bond motifs is 1. The van der Waals surface area contributed by atoms with Crippen LogP contribution < -0.4 is 10.5 Å². The van der Waals surface area contributed by atoms with Gasteiger partial charge in [0.1, 0.15) is 5.75 Å². The van der Waals surface area contributed by atoms with Gasteiger partial charge < -0.3 is 15.4 Å². The number of rotatable bonds is 2. The summed E-state index contributed by atoms with van der Waals surface area (Å²) < 4.78 is 5.90. The Morgan fingerprint density at radius 3 is 2.52 bits per heavy atom. The quantitative estimate of drug-likeness (QED) is 0.885. The van der Waals surface area contributed by atoms with E-state index in [2.05, 4.69) is 43.3 Å². The molecule has 0 atom stereocenters. The highest BCUT2D eigenvalue weighted by molar-refractivity contribution is 5.98. The van der Waals surface area contributed by atoms with Gasteiger partial charge in [0, 0.05) is 36.7 Å². The predicted octanol–water partition coefficient (Wildman–Crippen LogP) is 3.78. The van der Waals surface area contributed by atoms with Crippen LogP contribution in [0.3, 0.4) is 0 Å². The summed E-state index contributed by atoms with van der Waals surface area (Å²) in [6.07, 6.45) is 4.40. The van der Waals surface area contributed by atoms with Crippen LogP contribution in [-0.4, -0.2) is 36.5 Å². The first-order valence-corrected chi connectivity index (χ1v) is 9.69. The van der Waals surface area contributed by atoms with Crippen LogP contribution >= 0.6 is 0 Å². The lowest BCUT2D eigenvalue weighted by Gasteiger charge is -2.30. The standard InChI is InChI=1S/C23H26N2O2/c1-16-2-4-17(5-3-16)18-6-7-22-20(14-18)15-19(10-13-27-22)23(26)25-11-8-21(24)9-12-25/h2-7,14-15,21H,8-13,24H2,1H3. The lowest BCUT2D eigenvalue weighted by atomic mass is 9.99. The third-order valence-corrected chi connectivity index (χ3v) is 5.45. The fourth-order valence-corrected chi connectivity index (χ4v) is 3.72. The molecule has 140 valence electrons. The lowest BCUT2D eigenvalue weighted by Crippen LogP contribution is -2.43. The van der Waals surface area contributed by atoms with Gasteiger partial charge in [0.15, 0.2) is 0 Å². The highest BCUT2D eigenvalue weighted by Gasteiger charge is 2.24. The zero-order chi connectivity index (χ0) is 18.8. The van der Waals surface area contributed by atoms with Crippen LogP contribution in [0.2, 0.25) is 0 Å². The van der Waals surface area contributed by atoms with Gasteiger partial charge in [0.05, 0.1) is 6.61 Å². The average Bonchev–Trinajstić information content (AvgIpc) is 2.90. The van der Waals surface area contributed by atoms with Crippen molar-refractivity contribution in [1.82, 2.24) is 4.90 Å². The Balaban J connectivity index is 1.62. The van der Waals surface area contributed by atoms with Crippen LogP contribution in [0.4, 0.5) is 0 Å². The third kappa shape index (κ3) is 3.91. The number of hydrogen-bond donors (Lipinski definition) is 1. The molecule has 4 heteroatoms. The van der Waals surface area contributed by atoms with Crippen LogP contribution in [0, 0.1) is 6.92 Å². The molecule has 4 nitrogen and oxygen atoms in total. The van der Waals surface area contributed by atoms with Gasteiger partial charge in [-0.25, -0.2) is 0 Å². The first-order chi connectivity index (χ1) is 13.1. The molecule has 2 aromatic carbocycles. The third-order valence-electron chi connectivity index (χ3n) is 5.45. The molecule has 27 heavy (non-hydrogen) atoms. The summed E-state index contributed by atoms with van der Waals surface area (Å²) in [5.74, 6) is 0.966. The smallest absolute Gasteiger partial charge is 0.249 e. The summed E-state index contributed by atoms with van der Waals surface area (Å²) in [6, 6.07) is 14.9. The zero-order valence-corrected chi connectivity index (χ0v) is 15.8. The molecule has 2 N–H and O–H groups in total. The van der Waals surface area contributed by atoms with Gasteiger partial charge in [-0.2, -0.15) is 0 Å². The van der Waals surface area contributed by atoms with Gasteiger partial charge in [-0.3, -0.25) is 4.79 Å². The molecule has 1 saturated heterocycles. The van der Waals surface area contributed by atoms with E-state index in [1.165, 1.54) is 11.1 Å². The monoisotopic (exact) mass is 362 g/mol. The minimum absolute atomic E-state index is 0.124. The second-order valence-electron chi connectivity index (χ2n) is 7.52. The molecule has 0 radical (unpaired) electrons. The Labute approximate surface area is 160 Å². The van der Waals surface area contributed by atoms with E-state index in [4.69, 9.17) is 10.5 Å².